The monoisotopic (exact) mass is 435 g/mol. The predicted molar refractivity (Wildman–Crippen MR) is 111 cm³/mol. The Hall–Kier alpha value is -2.65. The molecule has 4 rings (SSSR count). The zero-order valence-corrected chi connectivity index (χ0v) is 17.6. The van der Waals surface area contributed by atoms with Crippen molar-refractivity contribution in [1.82, 2.24) is 19.2 Å². The van der Waals surface area contributed by atoms with Gasteiger partial charge in [0.2, 0.25) is 16.0 Å². The first-order chi connectivity index (χ1) is 13.5. The zero-order chi connectivity index (χ0) is 21.1. The first kappa shape index (κ1) is 19.7. The van der Waals surface area contributed by atoms with E-state index in [1.165, 1.54) is 13.1 Å². The van der Waals surface area contributed by atoms with Gasteiger partial charge in [-0.25, -0.2) is 22.1 Å². The van der Waals surface area contributed by atoms with Crippen LogP contribution >= 0.6 is 11.6 Å². The van der Waals surface area contributed by atoms with Gasteiger partial charge in [0.25, 0.3) is 0 Å². The molecule has 0 aliphatic carbocycles. The topological polar surface area (TPSA) is 91.1 Å². The molecule has 29 heavy (non-hydrogen) atoms. The number of hydrogen-bond acceptors (Lipinski definition) is 4. The minimum Gasteiger partial charge on any atom is -0.345 e. The summed E-state index contributed by atoms with van der Waals surface area (Å²) in [6.45, 7) is 3.33. The molecule has 0 radical (unpaired) electrons. The van der Waals surface area contributed by atoms with Crippen LogP contribution in [0.2, 0.25) is 5.02 Å². The highest BCUT2D eigenvalue weighted by molar-refractivity contribution is 7.89. The highest BCUT2D eigenvalue weighted by Gasteiger charge is 2.43. The Labute approximate surface area is 172 Å². The molecule has 7 nitrogen and oxygen atoms in total. The standard InChI is InChI=1S/C19H19ClFN5O2S/c1-11-23-14-8-7-12(20)9-16(14)26(11)15-6-4-5-13(17(15)21)19(2)10-29(27,28)25(3)18(22)24-19/h4-9H,10H2,1-3H3,(H2,22,24)/t19-/m0/s1. The lowest BCUT2D eigenvalue weighted by Gasteiger charge is -2.40. The van der Waals surface area contributed by atoms with Crippen molar-refractivity contribution in [3.63, 3.8) is 0 Å². The number of nitrogens with one attached hydrogen (secondary N) is 2. The second kappa shape index (κ2) is 6.43. The van der Waals surface area contributed by atoms with Crippen LogP contribution in [0.5, 0.6) is 0 Å². The summed E-state index contributed by atoms with van der Waals surface area (Å²) in [7, 11) is -2.46. The van der Waals surface area contributed by atoms with Crippen LogP contribution in [-0.4, -0.2) is 41.0 Å². The Balaban J connectivity index is 1.92. The molecule has 2 N–H and O–H groups in total. The minimum absolute atomic E-state index is 0.153. The average molecular weight is 436 g/mol. The second-order valence-corrected chi connectivity index (χ2v) is 9.73. The molecule has 3 aromatic rings. The molecule has 1 aliphatic rings. The van der Waals surface area contributed by atoms with Gasteiger partial charge in [-0.3, -0.25) is 9.98 Å². The SMILES string of the molecule is Cc1nc2ccc(Cl)cc2n1-c1cccc([C@]2(C)CS(=O)(=O)N(C)C(=N)N2)c1F. The van der Waals surface area contributed by atoms with E-state index in [0.29, 0.717) is 21.9 Å². The van der Waals surface area contributed by atoms with E-state index in [9.17, 15) is 8.42 Å². The number of guanidine groups is 1. The van der Waals surface area contributed by atoms with Gasteiger partial charge in [-0.05, 0) is 38.1 Å². The van der Waals surface area contributed by atoms with Crippen LogP contribution in [0.4, 0.5) is 4.39 Å². The van der Waals surface area contributed by atoms with Gasteiger partial charge in [0.1, 0.15) is 5.82 Å². The minimum atomic E-state index is -3.76. The van der Waals surface area contributed by atoms with Crippen molar-refractivity contribution in [1.29, 1.82) is 5.41 Å². The molecule has 0 unspecified atom stereocenters. The maximum atomic E-state index is 15.7. The fourth-order valence-corrected chi connectivity index (χ4v) is 5.35. The van der Waals surface area contributed by atoms with E-state index >= 15 is 4.39 Å². The number of hydrogen-bond donors (Lipinski definition) is 2. The molecule has 152 valence electrons. The number of halogens is 2. The molecule has 10 heteroatoms. The molecule has 0 saturated carbocycles. The van der Waals surface area contributed by atoms with Gasteiger partial charge < -0.3 is 5.32 Å². The number of nitrogens with zero attached hydrogens (tertiary/aromatic N) is 3. The molecule has 1 atom stereocenters. The predicted octanol–water partition coefficient (Wildman–Crippen LogP) is 3.14. The lowest BCUT2D eigenvalue weighted by Crippen LogP contribution is -2.61. The maximum Gasteiger partial charge on any atom is 0.239 e. The van der Waals surface area contributed by atoms with Gasteiger partial charge in [0, 0.05) is 17.6 Å². The molecule has 2 heterocycles. The van der Waals surface area contributed by atoms with Crippen molar-refractivity contribution < 1.29 is 12.8 Å². The number of imidazole rings is 1. The highest BCUT2D eigenvalue weighted by Crippen LogP contribution is 2.33. The Morgan fingerprint density at radius 1 is 1.31 bits per heavy atom. The molecule has 2 aromatic carbocycles. The van der Waals surface area contributed by atoms with E-state index in [1.807, 2.05) is 0 Å². The van der Waals surface area contributed by atoms with Crippen molar-refractivity contribution >= 4 is 38.6 Å². The van der Waals surface area contributed by atoms with E-state index < -0.39 is 21.4 Å². The Morgan fingerprint density at radius 2 is 2.03 bits per heavy atom. The van der Waals surface area contributed by atoms with E-state index in [0.717, 1.165) is 4.31 Å². The summed E-state index contributed by atoms with van der Waals surface area (Å²) >= 11 is 6.12. The average Bonchev–Trinajstić information content (AvgIpc) is 2.94. The van der Waals surface area contributed by atoms with Crippen molar-refractivity contribution in [3.05, 3.63) is 58.6 Å². The Bertz CT molecular complexity index is 1270. The van der Waals surface area contributed by atoms with Crippen LogP contribution in [0.1, 0.15) is 18.3 Å². The first-order valence-electron chi connectivity index (χ1n) is 8.81. The number of fused-ring (bicyclic) bond motifs is 1. The van der Waals surface area contributed by atoms with E-state index in [1.54, 1.807) is 48.7 Å². The quantitative estimate of drug-likeness (QED) is 0.647. The number of benzene rings is 2. The Morgan fingerprint density at radius 3 is 2.72 bits per heavy atom. The molecule has 1 saturated heterocycles. The van der Waals surface area contributed by atoms with Crippen LogP contribution in [0.15, 0.2) is 36.4 Å². The third-order valence-corrected chi connectivity index (χ3v) is 7.39. The summed E-state index contributed by atoms with van der Waals surface area (Å²) in [5, 5.41) is 11.3. The van der Waals surface area contributed by atoms with E-state index in [2.05, 4.69) is 10.3 Å². The zero-order valence-electron chi connectivity index (χ0n) is 16.0. The van der Waals surface area contributed by atoms with Crippen molar-refractivity contribution in [2.45, 2.75) is 19.4 Å². The van der Waals surface area contributed by atoms with Crippen molar-refractivity contribution in [3.8, 4) is 5.69 Å². The fourth-order valence-electron chi connectivity index (χ4n) is 3.71. The van der Waals surface area contributed by atoms with Crippen LogP contribution < -0.4 is 5.32 Å². The summed E-state index contributed by atoms with van der Waals surface area (Å²) in [5.41, 5.74) is 0.401. The van der Waals surface area contributed by atoms with Gasteiger partial charge in [-0.15, -0.1) is 0 Å². The van der Waals surface area contributed by atoms with Crippen LogP contribution in [0.3, 0.4) is 0 Å². The van der Waals surface area contributed by atoms with Crippen LogP contribution in [0, 0.1) is 18.2 Å². The lowest BCUT2D eigenvalue weighted by molar-refractivity contribution is 0.402. The molecule has 1 fully saturated rings. The molecule has 1 aromatic heterocycles. The number of aromatic nitrogens is 2. The summed E-state index contributed by atoms with van der Waals surface area (Å²) in [4.78, 5) is 4.46. The summed E-state index contributed by atoms with van der Waals surface area (Å²) in [6, 6.07) is 9.97. The second-order valence-electron chi connectivity index (χ2n) is 7.30. The normalized spacial score (nSPS) is 21.4. The van der Waals surface area contributed by atoms with Crippen LogP contribution in [-0.2, 0) is 15.6 Å². The van der Waals surface area contributed by atoms with Gasteiger partial charge >= 0.3 is 0 Å². The van der Waals surface area contributed by atoms with Gasteiger partial charge in [-0.1, -0.05) is 23.7 Å². The molecule has 0 amide bonds. The number of rotatable bonds is 2. The fraction of sp³-hybridized carbons (Fsp3) is 0.263. The van der Waals surface area contributed by atoms with Gasteiger partial charge in [-0.2, -0.15) is 0 Å². The molecule has 0 spiro atoms. The number of aryl methyl sites for hydroxylation is 1. The van der Waals surface area contributed by atoms with Crippen LogP contribution in [0.25, 0.3) is 16.7 Å². The lowest BCUT2D eigenvalue weighted by atomic mass is 9.92. The van der Waals surface area contributed by atoms with Gasteiger partial charge in [0.05, 0.1) is 28.0 Å². The summed E-state index contributed by atoms with van der Waals surface area (Å²) < 4.78 is 43.2. The molecular weight excluding hydrogens is 417 g/mol. The highest BCUT2D eigenvalue weighted by atomic mass is 35.5. The third-order valence-electron chi connectivity index (χ3n) is 5.20. The molecule has 1 aliphatic heterocycles. The molecular formula is C19H19ClFN5O2S. The van der Waals surface area contributed by atoms with E-state index in [-0.39, 0.29) is 23.0 Å². The maximum absolute atomic E-state index is 15.7. The Kier molecular flexibility index (Phi) is 4.36. The largest absolute Gasteiger partial charge is 0.345 e. The smallest absolute Gasteiger partial charge is 0.239 e. The third kappa shape index (κ3) is 3.05. The van der Waals surface area contributed by atoms with Crippen molar-refractivity contribution in [2.75, 3.05) is 12.8 Å². The number of sulfonamides is 1. The first-order valence-corrected chi connectivity index (χ1v) is 10.8. The van der Waals surface area contributed by atoms with Crippen molar-refractivity contribution in [2.24, 2.45) is 0 Å². The summed E-state index contributed by atoms with van der Waals surface area (Å²) in [6.07, 6.45) is 0. The van der Waals surface area contributed by atoms with E-state index in [4.69, 9.17) is 17.0 Å². The van der Waals surface area contributed by atoms with Gasteiger partial charge in [0.15, 0.2) is 5.82 Å². The summed E-state index contributed by atoms with van der Waals surface area (Å²) in [5.74, 6) is -0.702. The molecule has 0 bridgehead atoms.